The summed E-state index contributed by atoms with van der Waals surface area (Å²) >= 11 is 0. The van der Waals surface area contributed by atoms with Gasteiger partial charge in [-0.1, -0.05) is 44.2 Å². The monoisotopic (exact) mass is 294 g/mol. The molecule has 4 heteroatoms. The van der Waals surface area contributed by atoms with E-state index in [2.05, 4.69) is 19.1 Å². The number of esters is 1. The van der Waals surface area contributed by atoms with E-state index in [4.69, 9.17) is 14.2 Å². The minimum atomic E-state index is -0.159. The third kappa shape index (κ3) is 7.25. The van der Waals surface area contributed by atoms with E-state index in [1.54, 1.807) is 7.11 Å². The van der Waals surface area contributed by atoms with Crippen molar-refractivity contribution in [3.8, 4) is 0 Å². The van der Waals surface area contributed by atoms with Gasteiger partial charge in [-0.15, -0.1) is 0 Å². The van der Waals surface area contributed by atoms with Crippen LogP contribution in [0.15, 0.2) is 30.3 Å². The Labute approximate surface area is 127 Å². The number of hydrogen-bond donors (Lipinski definition) is 0. The van der Waals surface area contributed by atoms with Crippen molar-refractivity contribution in [3.63, 3.8) is 0 Å². The fourth-order valence-corrected chi connectivity index (χ4v) is 2.13. The molecule has 1 rings (SSSR count). The highest BCUT2D eigenvalue weighted by molar-refractivity contribution is 5.72. The molecule has 0 amide bonds. The van der Waals surface area contributed by atoms with Gasteiger partial charge >= 0.3 is 5.97 Å². The molecule has 0 spiro atoms. The maximum absolute atomic E-state index is 11.9. The molecule has 1 aromatic carbocycles. The molecular formula is C17H26O4. The smallest absolute Gasteiger partial charge is 0.308 e. The zero-order valence-corrected chi connectivity index (χ0v) is 13.2. The van der Waals surface area contributed by atoms with Crippen LogP contribution < -0.4 is 0 Å². The predicted molar refractivity (Wildman–Crippen MR) is 82.3 cm³/mol. The van der Waals surface area contributed by atoms with Crippen molar-refractivity contribution in [1.29, 1.82) is 0 Å². The Bertz CT molecular complexity index is 391. The zero-order chi connectivity index (χ0) is 15.5. The second kappa shape index (κ2) is 10.4. The van der Waals surface area contributed by atoms with E-state index >= 15 is 0 Å². The highest BCUT2D eigenvalue weighted by Gasteiger charge is 2.18. The quantitative estimate of drug-likeness (QED) is 0.491. The van der Waals surface area contributed by atoms with Crippen LogP contribution in [0.25, 0.3) is 0 Å². The topological polar surface area (TPSA) is 44.8 Å². The summed E-state index contributed by atoms with van der Waals surface area (Å²) in [4.78, 5) is 11.9. The van der Waals surface area contributed by atoms with Gasteiger partial charge in [0.2, 0.25) is 0 Å². The summed E-state index contributed by atoms with van der Waals surface area (Å²) < 4.78 is 15.3. The first kappa shape index (κ1) is 17.7. The van der Waals surface area contributed by atoms with Gasteiger partial charge < -0.3 is 14.2 Å². The third-order valence-electron chi connectivity index (χ3n) is 3.38. The Morgan fingerprint density at radius 2 is 1.71 bits per heavy atom. The Morgan fingerprint density at radius 1 is 1.05 bits per heavy atom. The van der Waals surface area contributed by atoms with E-state index in [-0.39, 0.29) is 11.9 Å². The van der Waals surface area contributed by atoms with Crippen molar-refractivity contribution in [2.75, 3.05) is 33.5 Å². The molecule has 0 aromatic heterocycles. The normalized spacial score (nSPS) is 13.7. The van der Waals surface area contributed by atoms with E-state index in [1.807, 2.05) is 25.1 Å². The molecule has 0 bridgehead atoms. The fraction of sp³-hybridized carbons (Fsp3) is 0.588. The molecule has 0 N–H and O–H groups in total. The summed E-state index contributed by atoms with van der Waals surface area (Å²) in [6.45, 7) is 5.83. The van der Waals surface area contributed by atoms with Gasteiger partial charge in [0.15, 0.2) is 0 Å². The average Bonchev–Trinajstić information content (AvgIpc) is 2.51. The van der Waals surface area contributed by atoms with Crippen LogP contribution in [0, 0.1) is 5.92 Å². The first-order valence-electron chi connectivity index (χ1n) is 7.43. The largest absolute Gasteiger partial charge is 0.463 e. The first-order valence-corrected chi connectivity index (χ1v) is 7.43. The minimum Gasteiger partial charge on any atom is -0.463 e. The second-order valence-corrected chi connectivity index (χ2v) is 5.22. The van der Waals surface area contributed by atoms with Crippen LogP contribution in [0.5, 0.6) is 0 Å². The van der Waals surface area contributed by atoms with Gasteiger partial charge in [-0.3, -0.25) is 4.79 Å². The molecule has 0 aliphatic rings. The lowest BCUT2D eigenvalue weighted by Crippen LogP contribution is -2.19. The van der Waals surface area contributed by atoms with Gasteiger partial charge in [0.05, 0.1) is 25.7 Å². The van der Waals surface area contributed by atoms with Crippen molar-refractivity contribution in [2.45, 2.75) is 26.2 Å². The van der Waals surface area contributed by atoms with E-state index in [1.165, 1.54) is 5.56 Å². The zero-order valence-electron chi connectivity index (χ0n) is 13.2. The number of benzene rings is 1. The van der Waals surface area contributed by atoms with Crippen molar-refractivity contribution in [1.82, 2.24) is 0 Å². The van der Waals surface area contributed by atoms with Crippen molar-refractivity contribution in [2.24, 2.45) is 5.92 Å². The van der Waals surface area contributed by atoms with Gasteiger partial charge in [-0.2, -0.15) is 0 Å². The van der Waals surface area contributed by atoms with Gasteiger partial charge in [-0.05, 0) is 17.9 Å². The van der Waals surface area contributed by atoms with Gasteiger partial charge in [0.25, 0.3) is 0 Å². The molecule has 0 heterocycles. The molecule has 1 aromatic rings. The number of carbonyl (C=O) groups excluding carboxylic acids is 1. The summed E-state index contributed by atoms with van der Waals surface area (Å²) in [6.07, 6.45) is 0.785. The highest BCUT2D eigenvalue weighted by Crippen LogP contribution is 2.23. The second-order valence-electron chi connectivity index (χ2n) is 5.22. The van der Waals surface area contributed by atoms with Crippen molar-refractivity contribution < 1.29 is 19.0 Å². The summed E-state index contributed by atoms with van der Waals surface area (Å²) in [5.74, 6) is 0.0685. The lowest BCUT2D eigenvalue weighted by Gasteiger charge is -2.17. The van der Waals surface area contributed by atoms with Crippen LogP contribution in [0.3, 0.4) is 0 Å². The van der Waals surface area contributed by atoms with E-state index in [0.29, 0.717) is 32.3 Å². The molecule has 2 unspecified atom stereocenters. The van der Waals surface area contributed by atoms with E-state index in [0.717, 1.165) is 6.42 Å². The molecule has 0 saturated heterocycles. The molecule has 0 aliphatic heterocycles. The lowest BCUT2D eigenvalue weighted by molar-refractivity contribution is -0.150. The SMILES string of the molecule is COCCOCCOC(=O)C(C)CC(C)c1ccccc1. The van der Waals surface area contributed by atoms with Gasteiger partial charge in [-0.25, -0.2) is 0 Å². The van der Waals surface area contributed by atoms with Gasteiger partial charge in [0, 0.05) is 7.11 Å². The van der Waals surface area contributed by atoms with Crippen LogP contribution in [-0.2, 0) is 19.0 Å². The number of carbonyl (C=O) groups is 1. The molecule has 0 saturated carbocycles. The molecular weight excluding hydrogens is 268 g/mol. The summed E-state index contributed by atoms with van der Waals surface area (Å²) in [7, 11) is 1.62. The average molecular weight is 294 g/mol. The van der Waals surface area contributed by atoms with Crippen LogP contribution in [-0.4, -0.2) is 39.5 Å². The van der Waals surface area contributed by atoms with Gasteiger partial charge in [0.1, 0.15) is 6.61 Å². The Balaban J connectivity index is 2.22. The minimum absolute atomic E-state index is 0.112. The summed E-state index contributed by atoms with van der Waals surface area (Å²) in [5, 5.41) is 0. The lowest BCUT2D eigenvalue weighted by atomic mass is 9.91. The Morgan fingerprint density at radius 3 is 2.38 bits per heavy atom. The molecule has 118 valence electrons. The molecule has 0 radical (unpaired) electrons. The molecule has 4 nitrogen and oxygen atoms in total. The standard InChI is InChI=1S/C17H26O4/c1-14(16-7-5-4-6-8-16)13-15(2)17(18)21-12-11-20-10-9-19-3/h4-8,14-15H,9-13H2,1-3H3. The summed E-state index contributed by atoms with van der Waals surface area (Å²) in [5.41, 5.74) is 1.25. The first-order chi connectivity index (χ1) is 10.1. The Kier molecular flexibility index (Phi) is 8.71. The van der Waals surface area contributed by atoms with Crippen LogP contribution in [0.4, 0.5) is 0 Å². The number of methoxy groups -OCH3 is 1. The molecule has 2 atom stereocenters. The van der Waals surface area contributed by atoms with E-state index in [9.17, 15) is 4.79 Å². The maximum Gasteiger partial charge on any atom is 0.308 e. The van der Waals surface area contributed by atoms with Crippen molar-refractivity contribution >= 4 is 5.97 Å². The van der Waals surface area contributed by atoms with Crippen LogP contribution in [0.2, 0.25) is 0 Å². The number of ether oxygens (including phenoxy) is 3. The van der Waals surface area contributed by atoms with Crippen molar-refractivity contribution in [3.05, 3.63) is 35.9 Å². The van der Waals surface area contributed by atoms with E-state index < -0.39 is 0 Å². The molecule has 21 heavy (non-hydrogen) atoms. The molecule has 0 aliphatic carbocycles. The number of rotatable bonds is 10. The van der Waals surface area contributed by atoms with Crippen LogP contribution in [0.1, 0.15) is 31.7 Å². The maximum atomic E-state index is 11.9. The predicted octanol–water partition coefficient (Wildman–Crippen LogP) is 3.02. The molecule has 0 fully saturated rings. The number of hydrogen-bond acceptors (Lipinski definition) is 4. The summed E-state index contributed by atoms with van der Waals surface area (Å²) in [6, 6.07) is 10.2. The highest BCUT2D eigenvalue weighted by atomic mass is 16.6. The van der Waals surface area contributed by atoms with Crippen LogP contribution >= 0.6 is 0 Å². The third-order valence-corrected chi connectivity index (χ3v) is 3.38. The fourth-order valence-electron chi connectivity index (χ4n) is 2.13. The Hall–Kier alpha value is -1.39.